The quantitative estimate of drug-likeness (QED) is 0.277. The van der Waals surface area contributed by atoms with Crippen molar-refractivity contribution in [1.29, 1.82) is 0 Å². The van der Waals surface area contributed by atoms with E-state index in [1.165, 1.54) is 18.2 Å². The fourth-order valence-electron chi connectivity index (χ4n) is 1.64. The van der Waals surface area contributed by atoms with E-state index in [-0.39, 0.29) is 17.8 Å². The summed E-state index contributed by atoms with van der Waals surface area (Å²) in [5, 5.41) is 3.83. The number of fused-ring (bicyclic) bond motifs is 1. The predicted octanol–water partition coefficient (Wildman–Crippen LogP) is 2.91. The Hall–Kier alpha value is -2.79. The highest BCUT2D eigenvalue weighted by atomic mass is 16.5. The van der Waals surface area contributed by atoms with Gasteiger partial charge in [0.2, 0.25) is 0 Å². The lowest BCUT2D eigenvalue weighted by Crippen LogP contribution is -2.09. The van der Waals surface area contributed by atoms with E-state index in [1.807, 2.05) is 0 Å². The van der Waals surface area contributed by atoms with Gasteiger partial charge in [-0.1, -0.05) is 11.2 Å². The highest BCUT2D eigenvalue weighted by molar-refractivity contribution is 6.03. The zero-order valence-corrected chi connectivity index (χ0v) is 9.99. The summed E-state index contributed by atoms with van der Waals surface area (Å²) in [5.41, 5.74) is 8.26. The third kappa shape index (κ3) is 2.56. The molecule has 1 aromatic carbocycles. The maximum absolute atomic E-state index is 11.7. The first-order valence-corrected chi connectivity index (χ1v) is 5.46. The molecular weight excluding hydrogens is 250 g/mol. The van der Waals surface area contributed by atoms with Crippen LogP contribution in [0.25, 0.3) is 21.4 Å². The summed E-state index contributed by atoms with van der Waals surface area (Å²) in [4.78, 5) is 25.8. The number of carbonyl (C=O) groups is 1. The van der Waals surface area contributed by atoms with E-state index < -0.39 is 11.6 Å². The first-order valence-electron chi connectivity index (χ1n) is 5.46. The first-order chi connectivity index (χ1) is 9.15. The van der Waals surface area contributed by atoms with Crippen molar-refractivity contribution in [3.8, 4) is 0 Å². The van der Waals surface area contributed by atoms with Crippen LogP contribution < -0.4 is 5.63 Å². The van der Waals surface area contributed by atoms with E-state index in [0.29, 0.717) is 11.1 Å². The summed E-state index contributed by atoms with van der Waals surface area (Å²) < 4.78 is 9.84. The van der Waals surface area contributed by atoms with Crippen LogP contribution in [0.15, 0.2) is 38.6 Å². The molecule has 0 unspecified atom stereocenters. The van der Waals surface area contributed by atoms with Gasteiger partial charge >= 0.3 is 11.6 Å². The summed E-state index contributed by atoms with van der Waals surface area (Å²) in [5.74, 6) is -0.600. The lowest BCUT2D eigenvalue weighted by molar-refractivity contribution is 0.0528. The Kier molecular flexibility index (Phi) is 3.49. The summed E-state index contributed by atoms with van der Waals surface area (Å²) in [6, 6.07) is 5.52. The molecule has 2 aromatic rings. The second-order valence-corrected chi connectivity index (χ2v) is 3.57. The Morgan fingerprint density at radius 1 is 1.47 bits per heavy atom. The van der Waals surface area contributed by atoms with Gasteiger partial charge in [-0.3, -0.25) is 0 Å². The zero-order valence-electron chi connectivity index (χ0n) is 9.99. The maximum atomic E-state index is 11.7. The number of ether oxygens (including phenoxy) is 1. The molecule has 0 atom stereocenters. The van der Waals surface area contributed by atoms with Crippen LogP contribution in [0.4, 0.5) is 5.69 Å². The Labute approximate surface area is 107 Å². The molecule has 0 bridgehead atoms. The predicted molar refractivity (Wildman–Crippen MR) is 67.2 cm³/mol. The van der Waals surface area contributed by atoms with Crippen molar-refractivity contribution in [2.24, 2.45) is 5.11 Å². The van der Waals surface area contributed by atoms with E-state index in [1.54, 1.807) is 6.92 Å². The topological polar surface area (TPSA) is 105 Å². The van der Waals surface area contributed by atoms with Crippen molar-refractivity contribution >= 4 is 22.6 Å². The minimum Gasteiger partial charge on any atom is -0.462 e. The number of carbonyl (C=O) groups excluding carboxylic acids is 1. The van der Waals surface area contributed by atoms with Gasteiger partial charge in [0.15, 0.2) is 0 Å². The van der Waals surface area contributed by atoms with E-state index in [9.17, 15) is 9.59 Å². The van der Waals surface area contributed by atoms with Gasteiger partial charge in [-0.2, -0.15) is 0 Å². The third-order valence-corrected chi connectivity index (χ3v) is 2.38. The van der Waals surface area contributed by atoms with Gasteiger partial charge in [0.05, 0.1) is 12.2 Å². The van der Waals surface area contributed by atoms with Gasteiger partial charge in [0.1, 0.15) is 5.58 Å². The lowest BCUT2D eigenvalue weighted by Gasteiger charge is -2.05. The van der Waals surface area contributed by atoms with Gasteiger partial charge in [-0.05, 0) is 24.6 Å². The average Bonchev–Trinajstić information content (AvgIpc) is 2.38. The lowest BCUT2D eigenvalue weighted by atomic mass is 10.1. The molecule has 0 aliphatic carbocycles. The van der Waals surface area contributed by atoms with Crippen LogP contribution >= 0.6 is 0 Å². The second kappa shape index (κ2) is 5.24. The van der Waals surface area contributed by atoms with Crippen molar-refractivity contribution in [3.63, 3.8) is 0 Å². The molecule has 0 aliphatic heterocycles. The Morgan fingerprint density at radius 2 is 2.26 bits per heavy atom. The number of benzene rings is 1. The molecule has 0 fully saturated rings. The first kappa shape index (κ1) is 12.7. The molecule has 0 spiro atoms. The summed E-state index contributed by atoms with van der Waals surface area (Å²) in [6.45, 7) is 1.88. The highest BCUT2D eigenvalue weighted by Crippen LogP contribution is 2.23. The molecular formula is C12H9N3O4. The number of hydrogen-bond acceptors (Lipinski definition) is 5. The van der Waals surface area contributed by atoms with Gasteiger partial charge < -0.3 is 9.15 Å². The third-order valence-electron chi connectivity index (χ3n) is 2.38. The largest absolute Gasteiger partial charge is 0.462 e. The Bertz CT molecular complexity index is 744. The van der Waals surface area contributed by atoms with Crippen molar-refractivity contribution in [2.75, 3.05) is 6.61 Å². The zero-order chi connectivity index (χ0) is 13.8. The normalized spacial score (nSPS) is 9.95. The number of azide groups is 1. The average molecular weight is 259 g/mol. The molecule has 1 heterocycles. The van der Waals surface area contributed by atoms with Crippen molar-refractivity contribution in [3.05, 3.63) is 50.7 Å². The van der Waals surface area contributed by atoms with Gasteiger partial charge in [-0.15, -0.1) is 0 Å². The van der Waals surface area contributed by atoms with E-state index in [4.69, 9.17) is 14.7 Å². The van der Waals surface area contributed by atoms with Crippen LogP contribution in [-0.4, -0.2) is 12.6 Å². The van der Waals surface area contributed by atoms with Crippen molar-refractivity contribution < 1.29 is 13.9 Å². The van der Waals surface area contributed by atoms with Gasteiger partial charge in [-0.25, -0.2) is 9.59 Å². The molecule has 96 valence electrons. The summed E-state index contributed by atoms with van der Waals surface area (Å²) >= 11 is 0. The molecule has 2 rings (SSSR count). The monoisotopic (exact) mass is 259 g/mol. The van der Waals surface area contributed by atoms with Crippen molar-refractivity contribution in [1.82, 2.24) is 0 Å². The molecule has 7 heteroatoms. The molecule has 0 radical (unpaired) electrons. The molecule has 0 N–H and O–H groups in total. The number of hydrogen-bond donors (Lipinski definition) is 0. The summed E-state index contributed by atoms with van der Waals surface area (Å²) in [6.07, 6.45) is 0. The Morgan fingerprint density at radius 3 is 2.95 bits per heavy atom. The molecule has 0 saturated heterocycles. The van der Waals surface area contributed by atoms with E-state index >= 15 is 0 Å². The van der Waals surface area contributed by atoms with Crippen molar-refractivity contribution in [2.45, 2.75) is 6.92 Å². The molecule has 0 saturated carbocycles. The Balaban J connectivity index is 2.68. The second-order valence-electron chi connectivity index (χ2n) is 3.57. The molecule has 19 heavy (non-hydrogen) atoms. The standard InChI is InChI=1S/C12H9N3O4/c1-2-18-12(17)9-6-11(16)19-10-5-7(14-15-13)3-4-8(9)10/h3-6H,2H2,1H3. The van der Waals surface area contributed by atoms with Gasteiger partial charge in [0, 0.05) is 22.1 Å². The smallest absolute Gasteiger partial charge is 0.339 e. The molecule has 1 aromatic heterocycles. The minimum absolute atomic E-state index is 0.126. The number of esters is 1. The summed E-state index contributed by atoms with van der Waals surface area (Å²) in [7, 11) is 0. The fraction of sp³-hybridized carbons (Fsp3) is 0.167. The van der Waals surface area contributed by atoms with Gasteiger partial charge in [0.25, 0.3) is 0 Å². The SMILES string of the molecule is CCOC(=O)c1cc(=O)oc2cc(N=[N+]=[N-])ccc12. The van der Waals surface area contributed by atoms with Crippen LogP contribution in [0.2, 0.25) is 0 Å². The minimum atomic E-state index is -0.673. The fourth-order valence-corrected chi connectivity index (χ4v) is 1.64. The van der Waals surface area contributed by atoms with Crippen LogP contribution in [-0.2, 0) is 4.74 Å². The maximum Gasteiger partial charge on any atom is 0.339 e. The van der Waals surface area contributed by atoms with Crippen LogP contribution in [0.1, 0.15) is 17.3 Å². The van der Waals surface area contributed by atoms with Crippen LogP contribution in [0.5, 0.6) is 0 Å². The molecule has 7 nitrogen and oxygen atoms in total. The van der Waals surface area contributed by atoms with E-state index in [2.05, 4.69) is 10.0 Å². The molecule has 0 aliphatic rings. The van der Waals surface area contributed by atoms with Crippen LogP contribution in [0, 0.1) is 0 Å². The van der Waals surface area contributed by atoms with Crippen LogP contribution in [0.3, 0.4) is 0 Å². The molecule has 0 amide bonds. The van der Waals surface area contributed by atoms with E-state index in [0.717, 1.165) is 6.07 Å². The number of rotatable bonds is 3. The number of nitrogens with zero attached hydrogens (tertiary/aromatic N) is 3. The highest BCUT2D eigenvalue weighted by Gasteiger charge is 2.14.